The number of carbonyl (C=O) groups is 4. The SMILES string of the molecule is CCC1(C(=O)O)CC(N2CCCC(C3CN(c4ncc(Cl)c(NC(C)c5ccc(C)cc5Cl)n4)C3)C2)C1.Cc1ccc(C(C)Nc2nc(N3CC(C4CCCN(C5CC(C)(C(=O)O)C5)C4)C3)nc(C)c2C)c(Cl)c1.Cc1ccc(C(C)Nc2nc(N3CC(C4CCCN(C5CC(C)(C(=O)O)C5)C4)C3)nc3c2CCC3)c(Cl)c1.Cc1ccc(CNc2nc(N3CC(C4CCCN(C5CC(C)(C(=O)O)C5)C4)C3)ncc2Cl)c(Cl)c1. The molecule has 34 heteroatoms. The van der Waals surface area contributed by atoms with Gasteiger partial charge in [0, 0.05) is 146 Å². The van der Waals surface area contributed by atoms with E-state index in [1.54, 1.807) is 12.4 Å². The van der Waals surface area contributed by atoms with Crippen molar-refractivity contribution in [1.82, 2.24) is 59.5 Å². The number of aliphatic carboxylic acids is 4. The fourth-order valence-corrected chi connectivity index (χ4v) is 27.3. The Bertz CT molecular complexity index is 6100. The van der Waals surface area contributed by atoms with E-state index in [4.69, 9.17) is 99.5 Å². The summed E-state index contributed by atoms with van der Waals surface area (Å²) in [5, 5.41) is 56.0. The predicted octanol–water partition coefficient (Wildman–Crippen LogP) is 22.3. The highest BCUT2D eigenvalue weighted by Gasteiger charge is 2.56. The molecule has 4 aromatic carbocycles. The number of carboxylic acids is 4. The predicted molar refractivity (Wildman–Crippen MR) is 588 cm³/mol. The van der Waals surface area contributed by atoms with Crippen LogP contribution < -0.4 is 40.9 Å². The largest absolute Gasteiger partial charge is 0.481 e. The summed E-state index contributed by atoms with van der Waals surface area (Å²) < 4.78 is 0. The molecule has 792 valence electrons. The molecule has 8 saturated heterocycles. The molecule has 0 amide bonds. The molecule has 4 aromatic heterocycles. The lowest BCUT2D eigenvalue weighted by atomic mass is 9.63. The van der Waals surface area contributed by atoms with E-state index < -0.39 is 45.5 Å². The number of likely N-dealkylation sites (tertiary alicyclic amines) is 4. The smallest absolute Gasteiger partial charge is 0.309 e. The van der Waals surface area contributed by atoms with Crippen LogP contribution in [-0.4, -0.2) is 233 Å². The first-order valence-electron chi connectivity index (χ1n) is 53.9. The molecule has 8 N–H and O–H groups in total. The van der Waals surface area contributed by atoms with Crippen LogP contribution in [0.5, 0.6) is 0 Å². The zero-order valence-corrected chi connectivity index (χ0v) is 92.3. The third-order valence-corrected chi connectivity index (χ3v) is 37.7. The molecule has 7 unspecified atom stereocenters. The molecule has 0 spiro atoms. The number of aromatic nitrogens is 8. The van der Waals surface area contributed by atoms with Gasteiger partial charge in [-0.2, -0.15) is 19.9 Å². The third kappa shape index (κ3) is 24.0. The second-order valence-electron chi connectivity index (χ2n) is 46.6. The Kier molecular flexibility index (Phi) is 33.1. The van der Waals surface area contributed by atoms with E-state index in [1.807, 2.05) is 97.9 Å². The second kappa shape index (κ2) is 45.1. The number of nitrogens with zero attached hydrogens (tertiary/aromatic N) is 16. The van der Waals surface area contributed by atoms with Crippen molar-refractivity contribution >= 4 is 141 Å². The van der Waals surface area contributed by atoms with Crippen LogP contribution in [0.2, 0.25) is 30.1 Å². The van der Waals surface area contributed by atoms with Crippen LogP contribution >= 0.6 is 69.6 Å². The first-order chi connectivity index (χ1) is 70.1. The van der Waals surface area contributed by atoms with Gasteiger partial charge in [0.25, 0.3) is 0 Å². The van der Waals surface area contributed by atoms with E-state index in [2.05, 4.69) is 135 Å². The summed E-state index contributed by atoms with van der Waals surface area (Å²) in [6.07, 6.45) is 23.3. The topological polar surface area (TPSA) is 326 Å². The van der Waals surface area contributed by atoms with Crippen molar-refractivity contribution in [3.63, 3.8) is 0 Å². The van der Waals surface area contributed by atoms with Crippen LogP contribution in [-0.2, 0) is 38.6 Å². The van der Waals surface area contributed by atoms with E-state index >= 15 is 0 Å². The molecule has 7 atom stereocenters. The standard InChI is InChI=1S/C30H40ClN5O2.C29H40ClN5O2.C28H37Cl2N5O2.C26H33Cl2N5O2/c1-18-9-10-23(25(31)12-18)19(2)32-27-24-7-4-8-26(24)33-29(34-27)36-16-21(17-36)20-6-5-11-35(15-20)22-13-30(3,14-22)28(37)38;1-17-8-9-24(25(30)11-17)20(4)31-26-18(2)19(3)32-28(33-26)35-15-22(16-35)21-7-6-10-34(14-21)23-12-29(5,13-23)27(36)37;1-4-28(26(36)37)11-21(12-28)34-9-5-6-19(14-34)20-15-35(16-20)27-31-13-24(30)25(33-27)32-18(3)22-8-7-17(2)10-23(22)29;1-16-5-6-17(21(27)8-16)11-29-23-22(28)12-30-25(31-23)33-14-19(15-33)18-4-3-7-32(13-18)20-9-26(2,10-20)24(34)35/h9-10,12,19-22H,4-8,11,13-17H2,1-3H3,(H,37,38)(H,32,33,34);8-9,11,20-23H,6-7,10,12-16H2,1-5H3,(H,36,37)(H,31,32,33);7-8,10,13,18-21H,4-6,9,11-12,14-16H2,1-3H3,(H,36,37)(H,31,32,33);5-6,8,12,18-20H,3-4,7,9-11,13-15H2,1-2H3,(H,34,35)(H,29,30,31). The molecular weight excluding hydrogens is 1980 g/mol. The minimum absolute atomic E-state index is 0.0285. The summed E-state index contributed by atoms with van der Waals surface area (Å²) in [7, 11) is 0. The van der Waals surface area contributed by atoms with E-state index in [0.29, 0.717) is 112 Å². The minimum Gasteiger partial charge on any atom is -0.481 e. The first-order valence-corrected chi connectivity index (χ1v) is 56.2. The number of hydrogen-bond donors (Lipinski definition) is 8. The average Bonchev–Trinajstić information content (AvgIpc) is 1.06. The van der Waals surface area contributed by atoms with Gasteiger partial charge in [-0.15, -0.1) is 0 Å². The summed E-state index contributed by atoms with van der Waals surface area (Å²) in [5.74, 6) is 8.69. The Balaban J connectivity index is 0.000000128. The minimum atomic E-state index is -0.657. The Morgan fingerprint density at radius 2 is 0.707 bits per heavy atom. The highest BCUT2D eigenvalue weighted by molar-refractivity contribution is 6.34. The van der Waals surface area contributed by atoms with Crippen LogP contribution in [0.3, 0.4) is 0 Å². The van der Waals surface area contributed by atoms with Gasteiger partial charge >= 0.3 is 23.9 Å². The molecule has 12 heterocycles. The van der Waals surface area contributed by atoms with Gasteiger partial charge in [-0.05, 0) is 354 Å². The highest BCUT2D eigenvalue weighted by Crippen LogP contribution is 2.53. The van der Waals surface area contributed by atoms with Crippen molar-refractivity contribution in [1.29, 1.82) is 0 Å². The van der Waals surface area contributed by atoms with Crippen LogP contribution in [0.25, 0.3) is 0 Å². The van der Waals surface area contributed by atoms with Gasteiger partial charge in [-0.3, -0.25) is 19.2 Å². The summed E-state index contributed by atoms with van der Waals surface area (Å²) in [6.45, 7) is 43.3. The van der Waals surface area contributed by atoms with Crippen molar-refractivity contribution in [2.45, 2.75) is 267 Å². The van der Waals surface area contributed by atoms with Crippen LogP contribution in [0.4, 0.5) is 47.1 Å². The Labute approximate surface area is 897 Å². The lowest BCUT2D eigenvalue weighted by Gasteiger charge is -2.53. The number of hydrogen-bond acceptors (Lipinski definition) is 24. The van der Waals surface area contributed by atoms with Crippen molar-refractivity contribution in [3.8, 4) is 0 Å². The number of halogens is 6. The summed E-state index contributed by atoms with van der Waals surface area (Å²) in [4.78, 5) is 104. The molecule has 28 nitrogen and oxygen atoms in total. The molecule has 5 aliphatic carbocycles. The number of nitrogens with one attached hydrogen (secondary N) is 4. The maximum Gasteiger partial charge on any atom is 0.309 e. The molecule has 12 fully saturated rings. The van der Waals surface area contributed by atoms with Gasteiger partial charge < -0.3 is 80.9 Å². The third-order valence-electron chi connectivity index (χ3n) is 35.9. The monoisotopic (exact) mass is 2130 g/mol. The number of carboxylic acid groups (broad SMARTS) is 4. The molecule has 8 aliphatic heterocycles. The number of benzene rings is 4. The molecule has 13 aliphatic rings. The lowest BCUT2D eigenvalue weighted by Crippen LogP contribution is -2.59. The molecule has 4 saturated carbocycles. The van der Waals surface area contributed by atoms with Gasteiger partial charge in [0.2, 0.25) is 23.8 Å². The fraction of sp³-hybridized carbons (Fsp3) is 0.611. The highest BCUT2D eigenvalue weighted by atomic mass is 35.5. The van der Waals surface area contributed by atoms with Crippen molar-refractivity contribution < 1.29 is 39.6 Å². The molecule has 0 radical (unpaired) electrons. The van der Waals surface area contributed by atoms with Crippen LogP contribution in [0.1, 0.15) is 249 Å². The molecule has 0 bridgehead atoms. The maximum absolute atomic E-state index is 11.7. The van der Waals surface area contributed by atoms with E-state index in [0.717, 1.165) is 281 Å². The zero-order chi connectivity index (χ0) is 104. The Morgan fingerprint density at radius 3 is 1.08 bits per heavy atom. The number of piperidine rings is 4. The molecule has 8 aromatic rings. The maximum atomic E-state index is 11.7. The van der Waals surface area contributed by atoms with Crippen LogP contribution in [0.15, 0.2) is 85.2 Å². The van der Waals surface area contributed by atoms with Gasteiger partial charge in [0.1, 0.15) is 21.7 Å². The molecule has 147 heavy (non-hydrogen) atoms. The van der Waals surface area contributed by atoms with E-state index in [9.17, 15) is 39.6 Å². The Hall–Kier alpha value is -8.94. The van der Waals surface area contributed by atoms with Crippen LogP contribution in [0, 0.1) is 111 Å². The normalized spacial score (nSPS) is 27.6. The lowest BCUT2D eigenvalue weighted by molar-refractivity contribution is -0.161. The van der Waals surface area contributed by atoms with Gasteiger partial charge in [0.15, 0.2) is 11.6 Å². The van der Waals surface area contributed by atoms with Gasteiger partial charge in [-0.1, -0.05) is 125 Å². The fourth-order valence-electron chi connectivity index (χ4n) is 25.5. The van der Waals surface area contributed by atoms with E-state index in [1.165, 1.54) is 62.6 Å². The second-order valence-corrected chi connectivity index (χ2v) is 49.1. The summed E-state index contributed by atoms with van der Waals surface area (Å²) >= 11 is 38.7. The van der Waals surface area contributed by atoms with Crippen molar-refractivity contribution in [3.05, 3.63) is 182 Å². The molecule has 21 rings (SSSR count). The number of rotatable bonds is 29. The van der Waals surface area contributed by atoms with Crippen molar-refractivity contribution in [2.24, 2.45) is 69.0 Å². The molecular formula is C113H150Cl6N20O8. The van der Waals surface area contributed by atoms with E-state index in [-0.39, 0.29) is 18.1 Å². The summed E-state index contributed by atoms with van der Waals surface area (Å²) in [6, 6.07) is 26.2. The number of fused-ring (bicyclic) bond motifs is 1. The summed E-state index contributed by atoms with van der Waals surface area (Å²) in [5.41, 5.74) is 11.1. The van der Waals surface area contributed by atoms with Gasteiger partial charge in [0.05, 0.1) is 57.9 Å². The van der Waals surface area contributed by atoms with Crippen molar-refractivity contribution in [2.75, 3.05) is 146 Å². The van der Waals surface area contributed by atoms with Gasteiger partial charge in [-0.25, -0.2) is 19.9 Å². The number of anilines is 8. The quantitative estimate of drug-likeness (QED) is 0.0216. The zero-order valence-electron chi connectivity index (χ0n) is 87.8. The Morgan fingerprint density at radius 1 is 0.374 bits per heavy atom. The number of aryl methyl sites for hydroxylation is 6. The first kappa shape index (κ1) is 108. The average molecular weight is 2130 g/mol.